The Kier molecular flexibility index (Phi) is 4.62. The first-order valence-electron chi connectivity index (χ1n) is 8.21. The molecule has 2 aliphatic rings. The number of aliphatic carboxylic acids is 1. The van der Waals surface area contributed by atoms with Gasteiger partial charge in [-0.25, -0.2) is 0 Å². The number of ether oxygens (including phenoxy) is 1. The van der Waals surface area contributed by atoms with Crippen LogP contribution in [-0.4, -0.2) is 18.2 Å². The molecule has 1 fully saturated rings. The molecular formula is C18H23ClO3. The van der Waals surface area contributed by atoms with E-state index in [1.165, 1.54) is 24.0 Å². The topological polar surface area (TPSA) is 46.5 Å². The summed E-state index contributed by atoms with van der Waals surface area (Å²) >= 11 is 6.45. The van der Waals surface area contributed by atoms with Gasteiger partial charge in [0.15, 0.2) is 0 Å². The Labute approximate surface area is 136 Å². The fraction of sp³-hybridized carbons (Fsp3) is 0.611. The van der Waals surface area contributed by atoms with Crippen LogP contribution in [0.2, 0.25) is 5.02 Å². The van der Waals surface area contributed by atoms with Crippen molar-refractivity contribution in [2.24, 2.45) is 5.92 Å². The zero-order chi connectivity index (χ0) is 15.7. The summed E-state index contributed by atoms with van der Waals surface area (Å²) in [6.45, 7) is 0. The van der Waals surface area contributed by atoms with Crippen molar-refractivity contribution >= 4 is 17.6 Å². The van der Waals surface area contributed by atoms with Crippen molar-refractivity contribution in [3.63, 3.8) is 0 Å². The molecule has 0 amide bonds. The van der Waals surface area contributed by atoms with Gasteiger partial charge in [0.25, 0.3) is 0 Å². The quantitative estimate of drug-likeness (QED) is 0.807. The average molecular weight is 323 g/mol. The van der Waals surface area contributed by atoms with Crippen molar-refractivity contribution in [2.45, 2.75) is 57.3 Å². The first-order valence-corrected chi connectivity index (χ1v) is 8.59. The highest BCUT2D eigenvalue weighted by molar-refractivity contribution is 6.32. The maximum atomic E-state index is 11.4. The molecule has 1 saturated carbocycles. The molecule has 0 aliphatic heterocycles. The molecule has 0 radical (unpaired) electrons. The Morgan fingerprint density at radius 1 is 1.36 bits per heavy atom. The summed E-state index contributed by atoms with van der Waals surface area (Å²) in [5.74, 6) is 0.482. The third-order valence-corrected chi connectivity index (χ3v) is 5.29. The number of aryl methyl sites for hydroxylation is 1. The Balaban J connectivity index is 2.13. The third-order valence-electron chi connectivity index (χ3n) is 5.01. The van der Waals surface area contributed by atoms with E-state index in [1.807, 2.05) is 6.07 Å². The second-order valence-corrected chi connectivity index (χ2v) is 6.95. The van der Waals surface area contributed by atoms with Crippen LogP contribution < -0.4 is 4.74 Å². The first-order chi connectivity index (χ1) is 10.6. The minimum atomic E-state index is -0.735. The van der Waals surface area contributed by atoms with Gasteiger partial charge >= 0.3 is 5.97 Å². The van der Waals surface area contributed by atoms with Crippen molar-refractivity contribution in [1.82, 2.24) is 0 Å². The van der Waals surface area contributed by atoms with Crippen molar-refractivity contribution in [2.75, 3.05) is 7.11 Å². The highest BCUT2D eigenvalue weighted by Crippen LogP contribution is 2.51. The number of methoxy groups -OCH3 is 1. The van der Waals surface area contributed by atoms with E-state index >= 15 is 0 Å². The molecule has 0 spiro atoms. The van der Waals surface area contributed by atoms with Crippen LogP contribution in [0.3, 0.4) is 0 Å². The number of halogens is 1. The molecule has 2 aliphatic carbocycles. The first kappa shape index (κ1) is 15.7. The van der Waals surface area contributed by atoms with Gasteiger partial charge < -0.3 is 9.84 Å². The number of rotatable bonds is 5. The second kappa shape index (κ2) is 6.49. The number of benzene rings is 1. The highest BCUT2D eigenvalue weighted by Gasteiger charge is 2.38. The molecule has 0 heterocycles. The van der Waals surface area contributed by atoms with Gasteiger partial charge in [-0.05, 0) is 61.6 Å². The number of carboxylic acid groups (broad SMARTS) is 1. The molecule has 0 bridgehead atoms. The lowest BCUT2D eigenvalue weighted by atomic mass is 9.83. The predicted molar refractivity (Wildman–Crippen MR) is 87.0 cm³/mol. The maximum absolute atomic E-state index is 11.4. The summed E-state index contributed by atoms with van der Waals surface area (Å²) in [5, 5.41) is 9.97. The Hall–Kier alpha value is -1.22. The molecule has 1 atom stereocenters. The second-order valence-electron chi connectivity index (χ2n) is 6.55. The van der Waals surface area contributed by atoms with Gasteiger partial charge in [-0.1, -0.05) is 18.0 Å². The smallest absolute Gasteiger partial charge is 0.303 e. The number of carboxylic acids is 1. The van der Waals surface area contributed by atoms with Crippen LogP contribution in [0.1, 0.15) is 61.1 Å². The highest BCUT2D eigenvalue weighted by atomic mass is 35.5. The number of carbonyl (C=O) groups is 1. The van der Waals surface area contributed by atoms with Gasteiger partial charge in [0.1, 0.15) is 5.75 Å². The fourth-order valence-corrected chi connectivity index (χ4v) is 4.16. The van der Waals surface area contributed by atoms with Gasteiger partial charge in [-0.15, -0.1) is 0 Å². The van der Waals surface area contributed by atoms with E-state index in [-0.39, 0.29) is 12.3 Å². The van der Waals surface area contributed by atoms with Crippen LogP contribution >= 0.6 is 11.6 Å². The van der Waals surface area contributed by atoms with Crippen molar-refractivity contribution in [3.8, 4) is 5.75 Å². The van der Waals surface area contributed by atoms with E-state index in [0.717, 1.165) is 37.7 Å². The molecule has 0 saturated heterocycles. The molecule has 1 aromatic rings. The van der Waals surface area contributed by atoms with E-state index in [0.29, 0.717) is 16.7 Å². The van der Waals surface area contributed by atoms with Gasteiger partial charge in [0, 0.05) is 11.5 Å². The zero-order valence-electron chi connectivity index (χ0n) is 13.0. The van der Waals surface area contributed by atoms with Crippen molar-refractivity contribution < 1.29 is 14.6 Å². The minimum Gasteiger partial charge on any atom is -0.495 e. The lowest BCUT2D eigenvalue weighted by Crippen LogP contribution is -2.14. The summed E-state index contributed by atoms with van der Waals surface area (Å²) in [5.41, 5.74) is 3.71. The summed E-state index contributed by atoms with van der Waals surface area (Å²) in [6.07, 6.45) is 8.02. The Morgan fingerprint density at radius 3 is 2.73 bits per heavy atom. The molecule has 4 heteroatoms. The molecule has 120 valence electrons. The number of fused-ring (bicyclic) bond motifs is 1. The predicted octanol–water partition coefficient (Wildman–Crippen LogP) is 4.59. The lowest BCUT2D eigenvalue weighted by Gasteiger charge is -2.24. The largest absolute Gasteiger partial charge is 0.495 e. The molecule has 0 aromatic heterocycles. The van der Waals surface area contributed by atoms with Crippen LogP contribution in [0.25, 0.3) is 0 Å². The summed E-state index contributed by atoms with van der Waals surface area (Å²) in [4.78, 5) is 11.4. The van der Waals surface area contributed by atoms with Gasteiger partial charge in [0.05, 0.1) is 18.6 Å². The van der Waals surface area contributed by atoms with Gasteiger partial charge in [-0.3, -0.25) is 4.79 Å². The van der Waals surface area contributed by atoms with E-state index in [2.05, 4.69) is 0 Å². The van der Waals surface area contributed by atoms with E-state index < -0.39 is 5.97 Å². The molecule has 1 aromatic carbocycles. The molecule has 1 unspecified atom stereocenters. The van der Waals surface area contributed by atoms with Crippen molar-refractivity contribution in [1.29, 1.82) is 0 Å². The van der Waals surface area contributed by atoms with Crippen LogP contribution in [0, 0.1) is 5.92 Å². The van der Waals surface area contributed by atoms with E-state index in [4.69, 9.17) is 16.3 Å². The number of hydrogen-bond donors (Lipinski definition) is 1. The molecular weight excluding hydrogens is 300 g/mol. The monoisotopic (exact) mass is 322 g/mol. The summed E-state index contributed by atoms with van der Waals surface area (Å²) < 4.78 is 5.60. The van der Waals surface area contributed by atoms with Gasteiger partial charge in [-0.2, -0.15) is 0 Å². The zero-order valence-corrected chi connectivity index (χ0v) is 13.8. The normalized spacial score (nSPS) is 19.2. The minimum absolute atomic E-state index is 0.0398. The van der Waals surface area contributed by atoms with Crippen LogP contribution in [0.5, 0.6) is 5.75 Å². The number of hydrogen-bond acceptors (Lipinski definition) is 2. The maximum Gasteiger partial charge on any atom is 0.303 e. The van der Waals surface area contributed by atoms with E-state index in [1.54, 1.807) is 7.11 Å². The standard InChI is InChI=1S/C18H23ClO3/c1-22-18-15(19)9-12-5-3-2-4-6-13(12)17(18)14(10-16(20)21)11-7-8-11/h9,11,14H,2-8,10H2,1H3,(H,20,21). The summed E-state index contributed by atoms with van der Waals surface area (Å²) in [6, 6.07) is 2.04. The summed E-state index contributed by atoms with van der Waals surface area (Å²) in [7, 11) is 1.64. The Morgan fingerprint density at radius 2 is 2.09 bits per heavy atom. The molecule has 3 nitrogen and oxygen atoms in total. The van der Waals surface area contributed by atoms with Gasteiger partial charge in [0.2, 0.25) is 0 Å². The fourth-order valence-electron chi connectivity index (χ4n) is 3.85. The van der Waals surface area contributed by atoms with Crippen LogP contribution in [0.15, 0.2) is 6.07 Å². The van der Waals surface area contributed by atoms with Crippen molar-refractivity contribution in [3.05, 3.63) is 27.8 Å². The Bertz CT molecular complexity index is 578. The lowest BCUT2D eigenvalue weighted by molar-refractivity contribution is -0.137. The van der Waals surface area contributed by atoms with E-state index in [9.17, 15) is 9.90 Å². The molecule has 1 N–H and O–H groups in total. The molecule has 22 heavy (non-hydrogen) atoms. The SMILES string of the molecule is COc1c(Cl)cc2c(c1C(CC(=O)O)C1CC1)CCCCC2. The van der Waals surface area contributed by atoms with Crippen LogP contribution in [0.4, 0.5) is 0 Å². The average Bonchev–Trinajstić information content (AvgIpc) is 3.30. The molecule has 3 rings (SSSR count). The van der Waals surface area contributed by atoms with Crippen LogP contribution in [-0.2, 0) is 17.6 Å². The third kappa shape index (κ3) is 3.10.